The average Bonchev–Trinajstić information content (AvgIpc) is 3.87. The molecule has 1 fully saturated rings. The number of nitrogens with one attached hydrogen (secondary N) is 2. The lowest BCUT2D eigenvalue weighted by Gasteiger charge is -2.41. The predicted octanol–water partition coefficient (Wildman–Crippen LogP) is 5.19. The van der Waals surface area contributed by atoms with Crippen molar-refractivity contribution in [3.8, 4) is 0 Å². The van der Waals surface area contributed by atoms with Crippen molar-refractivity contribution < 1.29 is 28.7 Å². The average molecular weight is 785 g/mol. The fraction of sp³-hybridized carbons (Fsp3) is 0.690. The standard InChI is InChI=1S/C42H68N6O6S/c1-13-28(6)37(47(10)42(52)35(26(2)3)45-40(51)36(27(4)5)46(8)9)33(53-11)25-34(49)48-22-17-20-32(48)38(54-12)29(7)39(50)44-31(41-43-21-23-55-41)24-30-18-15-14-16-19-30/h14-16,18-19,21,23,26-29,31-33,35-38H,13,17,20,22,24-25H2,1-12H3,(H,44,50)(H,45,51)/t28-,29?,31-,32-,33+,35-,36-,37-,38+/m0/s1. The van der Waals surface area contributed by atoms with E-state index in [2.05, 4.69) is 29.5 Å². The van der Waals surface area contributed by atoms with E-state index in [0.717, 1.165) is 23.4 Å². The van der Waals surface area contributed by atoms with E-state index in [1.54, 1.807) is 32.4 Å². The van der Waals surface area contributed by atoms with E-state index in [-0.39, 0.29) is 65.9 Å². The Morgan fingerprint density at radius 3 is 2.15 bits per heavy atom. The molecule has 2 heterocycles. The second-order valence-corrected chi connectivity index (χ2v) is 17.0. The minimum Gasteiger partial charge on any atom is -0.379 e. The molecule has 308 valence electrons. The highest BCUT2D eigenvalue weighted by Gasteiger charge is 2.43. The third kappa shape index (κ3) is 12.1. The summed E-state index contributed by atoms with van der Waals surface area (Å²) in [7, 11) is 8.66. The van der Waals surface area contributed by atoms with Crippen LogP contribution in [-0.2, 0) is 35.1 Å². The first-order valence-electron chi connectivity index (χ1n) is 19.9. The maximum absolute atomic E-state index is 14.3. The van der Waals surface area contributed by atoms with Crippen molar-refractivity contribution in [1.29, 1.82) is 0 Å². The van der Waals surface area contributed by atoms with Gasteiger partial charge in [-0.2, -0.15) is 0 Å². The van der Waals surface area contributed by atoms with Crippen LogP contribution in [0.15, 0.2) is 41.9 Å². The van der Waals surface area contributed by atoms with Crippen molar-refractivity contribution in [3.63, 3.8) is 0 Å². The van der Waals surface area contributed by atoms with E-state index in [1.807, 2.05) is 94.2 Å². The molecular weight excluding hydrogens is 717 g/mol. The Kier molecular flexibility index (Phi) is 18.2. The first-order chi connectivity index (χ1) is 26.1. The molecule has 1 saturated heterocycles. The van der Waals surface area contributed by atoms with Crippen LogP contribution in [0.3, 0.4) is 0 Å². The Labute approximate surface area is 334 Å². The van der Waals surface area contributed by atoms with E-state index in [0.29, 0.717) is 19.4 Å². The Bertz CT molecular complexity index is 1480. The number of ether oxygens (including phenoxy) is 2. The highest BCUT2D eigenvalue weighted by molar-refractivity contribution is 7.09. The molecule has 0 radical (unpaired) electrons. The van der Waals surface area contributed by atoms with E-state index < -0.39 is 30.2 Å². The number of likely N-dealkylation sites (N-methyl/N-ethyl adjacent to an activating group) is 2. The molecule has 0 spiro atoms. The summed E-state index contributed by atoms with van der Waals surface area (Å²) in [5, 5.41) is 9.02. The molecule has 3 rings (SSSR count). The summed E-state index contributed by atoms with van der Waals surface area (Å²) in [6.45, 7) is 14.3. The van der Waals surface area contributed by atoms with Gasteiger partial charge in [-0.25, -0.2) is 4.98 Å². The van der Waals surface area contributed by atoms with Gasteiger partial charge in [0.15, 0.2) is 0 Å². The van der Waals surface area contributed by atoms with Crippen LogP contribution in [-0.4, -0.2) is 122 Å². The number of aromatic nitrogens is 1. The van der Waals surface area contributed by atoms with Crippen molar-refractivity contribution in [1.82, 2.24) is 30.3 Å². The Balaban J connectivity index is 1.79. The largest absolute Gasteiger partial charge is 0.379 e. The van der Waals surface area contributed by atoms with Crippen LogP contribution in [0, 0.1) is 23.7 Å². The molecule has 1 aliphatic heterocycles. The molecule has 9 atom stereocenters. The molecule has 1 unspecified atom stereocenters. The van der Waals surface area contributed by atoms with Crippen molar-refractivity contribution in [2.24, 2.45) is 23.7 Å². The molecule has 4 amide bonds. The van der Waals surface area contributed by atoms with Crippen LogP contribution in [0.1, 0.15) is 90.8 Å². The van der Waals surface area contributed by atoms with E-state index >= 15 is 0 Å². The van der Waals surface area contributed by atoms with Crippen molar-refractivity contribution in [3.05, 3.63) is 52.5 Å². The molecule has 1 aromatic carbocycles. The molecule has 1 aliphatic rings. The van der Waals surface area contributed by atoms with E-state index in [4.69, 9.17) is 9.47 Å². The molecule has 0 bridgehead atoms. The lowest BCUT2D eigenvalue weighted by molar-refractivity contribution is -0.148. The maximum atomic E-state index is 14.3. The third-order valence-electron chi connectivity index (χ3n) is 11.3. The highest BCUT2D eigenvalue weighted by Crippen LogP contribution is 2.30. The molecule has 13 heteroatoms. The van der Waals surface area contributed by atoms with Gasteiger partial charge in [0.1, 0.15) is 11.0 Å². The molecule has 12 nitrogen and oxygen atoms in total. The number of carbonyl (C=O) groups excluding carboxylic acids is 4. The van der Waals surface area contributed by atoms with Gasteiger partial charge in [-0.1, -0.05) is 85.2 Å². The Morgan fingerprint density at radius 1 is 0.945 bits per heavy atom. The fourth-order valence-corrected chi connectivity index (χ4v) is 8.86. The minimum atomic E-state index is -0.751. The smallest absolute Gasteiger partial charge is 0.245 e. The first kappa shape index (κ1) is 46.0. The van der Waals surface area contributed by atoms with Crippen molar-refractivity contribution in [2.45, 2.75) is 123 Å². The van der Waals surface area contributed by atoms with Crippen LogP contribution in [0.5, 0.6) is 0 Å². The van der Waals surface area contributed by atoms with Gasteiger partial charge in [0, 0.05) is 39.4 Å². The number of benzene rings is 1. The molecule has 0 aliphatic carbocycles. The molecule has 0 saturated carbocycles. The summed E-state index contributed by atoms with van der Waals surface area (Å²) in [4.78, 5) is 65.8. The van der Waals surface area contributed by atoms with E-state index in [9.17, 15) is 19.2 Å². The number of carbonyl (C=O) groups is 4. The molecular formula is C42H68N6O6S. The van der Waals surface area contributed by atoms with Crippen LogP contribution >= 0.6 is 11.3 Å². The number of hydrogen-bond acceptors (Lipinski definition) is 9. The maximum Gasteiger partial charge on any atom is 0.245 e. The first-order valence-corrected chi connectivity index (χ1v) is 20.8. The summed E-state index contributed by atoms with van der Waals surface area (Å²) in [5.41, 5.74) is 1.09. The SMILES string of the molecule is CC[C@H](C)[C@@H]([C@@H](CC(=O)N1CCC[C@H]1[C@H](OC)C(C)C(=O)N[C@@H](Cc1ccccc1)c1nccs1)OC)N(C)C(=O)[C@@H](NC(=O)[C@H](C(C)C)N(C)C)C(C)C. The number of nitrogens with zero attached hydrogens (tertiary/aromatic N) is 4. The topological polar surface area (TPSA) is 133 Å². The zero-order valence-electron chi connectivity index (χ0n) is 35.3. The summed E-state index contributed by atoms with van der Waals surface area (Å²) in [5.74, 6) is -1.35. The summed E-state index contributed by atoms with van der Waals surface area (Å²) < 4.78 is 12.1. The quantitative estimate of drug-likeness (QED) is 0.177. The number of hydrogen-bond donors (Lipinski definition) is 2. The fourth-order valence-electron chi connectivity index (χ4n) is 8.17. The Hall–Kier alpha value is -3.39. The van der Waals surface area contributed by atoms with Gasteiger partial charge in [-0.05, 0) is 56.7 Å². The number of amides is 4. The van der Waals surface area contributed by atoms with Crippen LogP contribution in [0.4, 0.5) is 0 Å². The lowest BCUT2D eigenvalue weighted by Crippen LogP contribution is -2.59. The number of thiazole rings is 1. The van der Waals surface area contributed by atoms with E-state index in [1.165, 1.54) is 11.3 Å². The van der Waals surface area contributed by atoms with Gasteiger partial charge < -0.3 is 29.9 Å². The summed E-state index contributed by atoms with van der Waals surface area (Å²) in [6.07, 6.45) is 3.49. The van der Waals surface area contributed by atoms with Crippen LogP contribution < -0.4 is 10.6 Å². The lowest BCUT2D eigenvalue weighted by atomic mass is 9.89. The van der Waals surface area contributed by atoms with Crippen LogP contribution in [0.25, 0.3) is 0 Å². The third-order valence-corrected chi connectivity index (χ3v) is 12.2. The second-order valence-electron chi connectivity index (χ2n) is 16.1. The normalized spacial score (nSPS) is 19.0. The van der Waals surface area contributed by atoms with Gasteiger partial charge in [0.05, 0.1) is 48.7 Å². The zero-order chi connectivity index (χ0) is 41.0. The Morgan fingerprint density at radius 2 is 1.62 bits per heavy atom. The van der Waals surface area contributed by atoms with Gasteiger partial charge in [-0.3, -0.25) is 24.1 Å². The van der Waals surface area contributed by atoms with Gasteiger partial charge in [0.2, 0.25) is 23.6 Å². The van der Waals surface area contributed by atoms with Gasteiger partial charge in [0.25, 0.3) is 0 Å². The minimum absolute atomic E-state index is 0.00751. The molecule has 2 aromatic rings. The highest BCUT2D eigenvalue weighted by atomic mass is 32.1. The molecule has 55 heavy (non-hydrogen) atoms. The summed E-state index contributed by atoms with van der Waals surface area (Å²) in [6, 6.07) is 7.83. The number of rotatable bonds is 21. The monoisotopic (exact) mass is 784 g/mol. The molecule has 2 N–H and O–H groups in total. The van der Waals surface area contributed by atoms with Crippen LogP contribution in [0.2, 0.25) is 0 Å². The van der Waals surface area contributed by atoms with Crippen molar-refractivity contribution in [2.75, 3.05) is 41.9 Å². The van der Waals surface area contributed by atoms with Gasteiger partial charge in [-0.15, -0.1) is 11.3 Å². The number of likely N-dealkylation sites (tertiary alicyclic amines) is 1. The second kappa shape index (κ2) is 21.8. The molecule has 1 aromatic heterocycles. The number of methoxy groups -OCH3 is 2. The zero-order valence-corrected chi connectivity index (χ0v) is 36.1. The predicted molar refractivity (Wildman–Crippen MR) is 218 cm³/mol. The summed E-state index contributed by atoms with van der Waals surface area (Å²) >= 11 is 1.51. The van der Waals surface area contributed by atoms with Crippen molar-refractivity contribution >= 4 is 35.0 Å². The van der Waals surface area contributed by atoms with Gasteiger partial charge >= 0.3 is 0 Å².